The van der Waals surface area contributed by atoms with Crippen molar-refractivity contribution < 1.29 is 18.0 Å². The molecule has 3 aromatic rings. The molecular formula is C13H8F3N5OS2. The van der Waals surface area contributed by atoms with Gasteiger partial charge in [-0.3, -0.25) is 9.69 Å². The van der Waals surface area contributed by atoms with Gasteiger partial charge in [0.2, 0.25) is 11.5 Å². The van der Waals surface area contributed by atoms with Gasteiger partial charge >= 0.3 is 6.18 Å². The molecule has 0 fully saturated rings. The van der Waals surface area contributed by atoms with E-state index in [4.69, 9.17) is 0 Å². The summed E-state index contributed by atoms with van der Waals surface area (Å²) in [7, 11) is 0. The Kier molecular flexibility index (Phi) is 4.28. The van der Waals surface area contributed by atoms with E-state index < -0.39 is 11.7 Å². The minimum Gasteiger partial charge on any atom is -0.278 e. The highest BCUT2D eigenvalue weighted by Crippen LogP contribution is 2.36. The molecule has 1 amide bonds. The average molecular weight is 371 g/mol. The van der Waals surface area contributed by atoms with E-state index >= 15 is 0 Å². The summed E-state index contributed by atoms with van der Waals surface area (Å²) in [6.07, 6.45) is -4.10. The van der Waals surface area contributed by atoms with Crippen molar-refractivity contribution in [1.82, 2.24) is 19.8 Å². The lowest BCUT2D eigenvalue weighted by Gasteiger charge is -2.15. The Bertz CT molecular complexity index is 876. The Labute approximate surface area is 141 Å². The summed E-state index contributed by atoms with van der Waals surface area (Å²) in [4.78, 5) is 13.1. The van der Waals surface area contributed by atoms with Gasteiger partial charge in [0.25, 0.3) is 0 Å². The molecule has 0 unspecified atom stereocenters. The first-order chi connectivity index (χ1) is 11.4. The molecule has 0 saturated carbocycles. The van der Waals surface area contributed by atoms with Crippen LogP contribution in [0.4, 0.5) is 24.0 Å². The number of carbonyl (C=O) groups is 1. The highest BCUT2D eigenvalue weighted by molar-refractivity contribution is 7.22. The number of hydrogen-bond acceptors (Lipinski definition) is 7. The van der Waals surface area contributed by atoms with Crippen molar-refractivity contribution in [1.29, 1.82) is 0 Å². The van der Waals surface area contributed by atoms with Crippen LogP contribution in [0.5, 0.6) is 0 Å². The van der Waals surface area contributed by atoms with Gasteiger partial charge < -0.3 is 0 Å². The highest BCUT2D eigenvalue weighted by atomic mass is 32.1. The topological polar surface area (TPSA) is 71.9 Å². The Hall–Kier alpha value is -2.40. The molecule has 0 aliphatic carbocycles. The molecule has 0 radical (unpaired) electrons. The first kappa shape index (κ1) is 16.5. The number of alkyl halides is 3. The van der Waals surface area contributed by atoms with Crippen LogP contribution in [-0.4, -0.2) is 26.2 Å². The Morgan fingerprint density at radius 2 is 2.00 bits per heavy atom. The fraction of sp³-hybridized carbons (Fsp3) is 0.154. The molecule has 0 aliphatic rings. The van der Waals surface area contributed by atoms with E-state index in [1.807, 2.05) is 0 Å². The van der Waals surface area contributed by atoms with Gasteiger partial charge in [-0.25, -0.2) is 0 Å². The fourth-order valence-electron chi connectivity index (χ4n) is 1.88. The largest absolute Gasteiger partial charge is 0.416 e. The molecule has 2 heterocycles. The van der Waals surface area contributed by atoms with Crippen molar-refractivity contribution in [3.05, 3.63) is 35.5 Å². The Balaban J connectivity index is 1.97. The molecule has 0 spiro atoms. The van der Waals surface area contributed by atoms with Gasteiger partial charge in [0.1, 0.15) is 4.88 Å². The number of amides is 1. The summed E-state index contributed by atoms with van der Waals surface area (Å²) in [5.74, 6) is 0. The van der Waals surface area contributed by atoms with Crippen LogP contribution in [-0.2, 0) is 11.0 Å². The zero-order chi connectivity index (χ0) is 17.3. The second kappa shape index (κ2) is 6.24. The van der Waals surface area contributed by atoms with E-state index in [0.29, 0.717) is 22.0 Å². The van der Waals surface area contributed by atoms with Gasteiger partial charge in [0, 0.05) is 0 Å². The van der Waals surface area contributed by atoms with Crippen LogP contribution in [0.1, 0.15) is 11.3 Å². The second-order valence-corrected chi connectivity index (χ2v) is 6.31. The van der Waals surface area contributed by atoms with Crippen molar-refractivity contribution in [3.63, 3.8) is 0 Å². The lowest BCUT2D eigenvalue weighted by atomic mass is 10.2. The van der Waals surface area contributed by atoms with Crippen LogP contribution in [0.2, 0.25) is 0 Å². The first-order valence-corrected chi connectivity index (χ1v) is 8.04. The van der Waals surface area contributed by atoms with Crippen LogP contribution < -0.4 is 4.90 Å². The predicted molar refractivity (Wildman–Crippen MR) is 83.2 cm³/mol. The minimum atomic E-state index is -4.50. The smallest absolute Gasteiger partial charge is 0.278 e. The number of nitrogens with zero attached hydrogens (tertiary/aromatic N) is 5. The maximum Gasteiger partial charge on any atom is 0.416 e. The van der Waals surface area contributed by atoms with Gasteiger partial charge in [0.15, 0.2) is 5.01 Å². The van der Waals surface area contributed by atoms with Gasteiger partial charge in [-0.15, -0.1) is 15.3 Å². The molecule has 3 rings (SSSR count). The molecule has 0 saturated heterocycles. The first-order valence-electron chi connectivity index (χ1n) is 6.45. The average Bonchev–Trinajstić information content (AvgIpc) is 3.16. The molecule has 2 aromatic heterocycles. The van der Waals surface area contributed by atoms with E-state index in [9.17, 15) is 18.0 Å². The van der Waals surface area contributed by atoms with Gasteiger partial charge in [-0.2, -0.15) is 13.2 Å². The standard InChI is InChI=1S/C13H8F3N5OS2/c1-7-10(24-20-17-7)11-18-19-12(23-11)21(6-22)9-4-2-3-8(5-9)13(14,15)16/h2-6H,1H3. The number of anilines is 2. The normalized spacial score (nSPS) is 11.5. The number of hydrogen-bond donors (Lipinski definition) is 0. The van der Waals surface area contributed by atoms with Crippen LogP contribution in [0.25, 0.3) is 9.88 Å². The summed E-state index contributed by atoms with van der Waals surface area (Å²) in [5.41, 5.74) is -0.125. The minimum absolute atomic E-state index is 0.0571. The molecule has 24 heavy (non-hydrogen) atoms. The third-order valence-electron chi connectivity index (χ3n) is 3.02. The Morgan fingerprint density at radius 1 is 1.21 bits per heavy atom. The number of aromatic nitrogens is 4. The molecule has 6 nitrogen and oxygen atoms in total. The zero-order valence-corrected chi connectivity index (χ0v) is 13.6. The highest BCUT2D eigenvalue weighted by Gasteiger charge is 2.31. The maximum absolute atomic E-state index is 12.8. The SMILES string of the molecule is Cc1nnsc1-c1nnc(N(C=O)c2cccc(C(F)(F)F)c2)s1. The molecule has 0 N–H and O–H groups in total. The summed E-state index contributed by atoms with van der Waals surface area (Å²) in [5, 5.41) is 12.4. The Morgan fingerprint density at radius 3 is 2.62 bits per heavy atom. The molecule has 0 bridgehead atoms. The lowest BCUT2D eigenvalue weighted by Crippen LogP contribution is -2.15. The van der Waals surface area contributed by atoms with Crippen LogP contribution in [0, 0.1) is 6.92 Å². The number of benzene rings is 1. The van der Waals surface area contributed by atoms with Crippen molar-refractivity contribution in [2.75, 3.05) is 4.90 Å². The number of carbonyl (C=O) groups excluding carboxylic acids is 1. The second-order valence-electron chi connectivity index (χ2n) is 4.60. The van der Waals surface area contributed by atoms with Gasteiger partial charge in [0.05, 0.1) is 16.9 Å². The summed E-state index contributed by atoms with van der Waals surface area (Å²) >= 11 is 2.20. The fourth-order valence-corrected chi connectivity index (χ4v) is 3.48. The van der Waals surface area contributed by atoms with Crippen LogP contribution >= 0.6 is 22.9 Å². The number of aryl methyl sites for hydroxylation is 1. The molecule has 124 valence electrons. The number of halogens is 3. The van der Waals surface area contributed by atoms with E-state index in [2.05, 4.69) is 19.8 Å². The molecule has 0 aliphatic heterocycles. The monoisotopic (exact) mass is 371 g/mol. The predicted octanol–water partition coefficient (Wildman–Crippen LogP) is 3.68. The van der Waals surface area contributed by atoms with E-state index in [0.717, 1.165) is 39.9 Å². The van der Waals surface area contributed by atoms with Crippen LogP contribution in [0.15, 0.2) is 24.3 Å². The van der Waals surface area contributed by atoms with Crippen molar-refractivity contribution >= 4 is 40.1 Å². The quantitative estimate of drug-likeness (QED) is 0.654. The van der Waals surface area contributed by atoms with Gasteiger partial charge in [-0.1, -0.05) is 21.9 Å². The van der Waals surface area contributed by atoms with Gasteiger partial charge in [-0.05, 0) is 36.7 Å². The van der Waals surface area contributed by atoms with Crippen molar-refractivity contribution in [3.8, 4) is 9.88 Å². The van der Waals surface area contributed by atoms with Crippen molar-refractivity contribution in [2.45, 2.75) is 13.1 Å². The summed E-state index contributed by atoms with van der Waals surface area (Å²) in [6, 6.07) is 4.44. The third kappa shape index (κ3) is 3.12. The van der Waals surface area contributed by atoms with Crippen molar-refractivity contribution in [2.24, 2.45) is 0 Å². The van der Waals surface area contributed by atoms with E-state index in [1.165, 1.54) is 12.1 Å². The summed E-state index contributed by atoms with van der Waals surface area (Å²) in [6.45, 7) is 1.75. The maximum atomic E-state index is 12.8. The molecular weight excluding hydrogens is 363 g/mol. The number of rotatable bonds is 4. The van der Waals surface area contributed by atoms with E-state index in [1.54, 1.807) is 6.92 Å². The van der Waals surface area contributed by atoms with E-state index in [-0.39, 0.29) is 10.8 Å². The lowest BCUT2D eigenvalue weighted by molar-refractivity contribution is -0.137. The van der Waals surface area contributed by atoms with Crippen LogP contribution in [0.3, 0.4) is 0 Å². The zero-order valence-electron chi connectivity index (χ0n) is 12.0. The molecule has 1 aromatic carbocycles. The molecule has 0 atom stereocenters. The third-order valence-corrected chi connectivity index (χ3v) is 4.93. The summed E-state index contributed by atoms with van der Waals surface area (Å²) < 4.78 is 42.3. The molecule has 11 heteroatoms.